The number of rotatable bonds is 12. The van der Waals surface area contributed by atoms with E-state index in [1.165, 1.54) is 101 Å². The number of anilines is 20. The van der Waals surface area contributed by atoms with E-state index in [0.717, 1.165) is 31.9 Å². The van der Waals surface area contributed by atoms with Gasteiger partial charge in [0.05, 0.1) is 61.7 Å². The van der Waals surface area contributed by atoms with Crippen molar-refractivity contribution in [1.82, 2.24) is 39.9 Å². The molecule has 0 atom stereocenters. The van der Waals surface area contributed by atoms with Crippen LogP contribution in [0, 0.1) is 0 Å². The second-order valence-corrected chi connectivity index (χ2v) is 34.1. The summed E-state index contributed by atoms with van der Waals surface area (Å²) in [7, 11) is 3.44. The number of thioether (sulfide) groups is 1. The Labute approximate surface area is 651 Å². The minimum atomic E-state index is -3.82. The minimum Gasteiger partial charge on any atom is -0.324 e. The number of carbonyl (C=O) groups is 4. The molecule has 12 aromatic rings. The first kappa shape index (κ1) is 76.6. The van der Waals surface area contributed by atoms with Crippen LogP contribution in [0.25, 0.3) is 0 Å². The lowest BCUT2D eigenvalue weighted by molar-refractivity contribution is 0.0987. The number of nitrogens with zero attached hydrogens (tertiary/aromatic N) is 16. The number of hydrogen-bond acceptors (Lipinski definition) is 31. The number of hydrogen-bond donors (Lipinski definition) is 6. The lowest BCUT2D eigenvalue weighted by Gasteiger charge is -2.20. The molecular weight excluding hydrogens is 1570 g/mol. The molecule has 0 saturated heterocycles. The highest BCUT2D eigenvalue weighted by atomic mass is 32.2. The van der Waals surface area contributed by atoms with Crippen LogP contribution >= 0.6 is 57.1 Å². The van der Waals surface area contributed by atoms with Crippen LogP contribution in [-0.2, 0) is 29.9 Å². The van der Waals surface area contributed by atoms with Gasteiger partial charge in [-0.1, -0.05) is 6.07 Å². The molecule has 564 valence electrons. The molecule has 0 unspecified atom stereocenters. The summed E-state index contributed by atoms with van der Waals surface area (Å²) < 4.78 is 69.0. The predicted molar refractivity (Wildman–Crippen MR) is 435 cm³/mol. The van der Waals surface area contributed by atoms with Crippen molar-refractivity contribution in [1.29, 1.82) is 0 Å². The van der Waals surface area contributed by atoms with Gasteiger partial charge in [0.2, 0.25) is 43.8 Å². The third kappa shape index (κ3) is 15.7. The molecule has 16 rings (SSSR count). The smallest absolute Gasteiger partial charge is 0.261 e. The van der Waals surface area contributed by atoms with Crippen LogP contribution in [0.2, 0.25) is 0 Å². The van der Waals surface area contributed by atoms with Crippen LogP contribution in [0.15, 0.2) is 187 Å². The maximum atomic E-state index is 12.7. The van der Waals surface area contributed by atoms with Crippen molar-refractivity contribution in [2.45, 2.75) is 19.6 Å². The number of fused-ring (bicyclic) bond motifs is 8. The van der Waals surface area contributed by atoms with E-state index >= 15 is 0 Å². The Morgan fingerprint density at radius 2 is 0.636 bits per heavy atom. The molecular formula is C70H66N22O10S8. The Balaban J connectivity index is 0.000000129. The monoisotopic (exact) mass is 1630 g/mol. The van der Waals surface area contributed by atoms with Crippen molar-refractivity contribution < 1.29 is 44.4 Å². The Kier molecular flexibility index (Phi) is 21.5. The fourth-order valence-electron chi connectivity index (χ4n) is 11.5. The first-order valence-electron chi connectivity index (χ1n) is 32.5. The maximum Gasteiger partial charge on any atom is 0.261 e. The number of thiophene rings is 4. The molecule has 8 N–H and O–H groups in total. The summed E-state index contributed by atoms with van der Waals surface area (Å²) >= 11 is 7.60. The van der Waals surface area contributed by atoms with Gasteiger partial charge in [0.15, 0.2) is 33.1 Å². The number of nitrogens with two attached hydrogens (primary N) is 2. The van der Waals surface area contributed by atoms with E-state index in [1.54, 1.807) is 124 Å². The zero-order valence-electron chi connectivity index (χ0n) is 59.8. The average Bonchev–Trinajstić information content (AvgIpc) is 1.64. The Morgan fingerprint density at radius 3 is 0.918 bits per heavy atom. The number of aromatic nitrogens is 8. The molecule has 0 aliphatic carbocycles. The van der Waals surface area contributed by atoms with E-state index in [4.69, 9.17) is 10.3 Å². The summed E-state index contributed by atoms with van der Waals surface area (Å²) in [4.78, 5) is 101. The SMILES string of the molecule is CN1C(=O)c2ccsc2N(C)c2nc(Nc3ccc(S(C)(=O)=O)cc3)ncc21.CN1C(=O)c2ccsc2N(C)c2nc(Nc3ccc(S(N)(=O)=O)cc3)ncc21.CN1C(=O)c2ccsc2N(C)c2nc(Nc3cccc(S(N)(=O)=O)c3)ncc21.CSc1ccc(Nc2ncc3c(n2)N(C)c2sccc2C(=O)N3C)cc1. The summed E-state index contributed by atoms with van der Waals surface area (Å²) in [6, 6.07) is 33.7. The third-order valence-electron chi connectivity index (χ3n) is 17.4. The van der Waals surface area contributed by atoms with Crippen molar-refractivity contribution in [3.63, 3.8) is 0 Å². The van der Waals surface area contributed by atoms with Crippen LogP contribution in [0.1, 0.15) is 41.4 Å². The molecule has 40 heteroatoms. The summed E-state index contributed by atoms with van der Waals surface area (Å²) in [6.07, 6.45) is 9.63. The Hall–Kier alpha value is -11.6. The molecule has 8 aromatic heterocycles. The Morgan fingerprint density at radius 1 is 0.355 bits per heavy atom. The summed E-state index contributed by atoms with van der Waals surface area (Å²) in [5.74, 6) is 3.43. The molecule has 0 radical (unpaired) electrons. The summed E-state index contributed by atoms with van der Waals surface area (Å²) in [5.41, 5.74) is 7.62. The van der Waals surface area contributed by atoms with Crippen molar-refractivity contribution in [2.75, 3.05) is 129 Å². The number of amides is 4. The largest absolute Gasteiger partial charge is 0.324 e. The van der Waals surface area contributed by atoms with E-state index in [9.17, 15) is 44.4 Å². The number of carbonyl (C=O) groups excluding carboxylic acids is 4. The third-order valence-corrected chi connectivity index (χ3v) is 25.1. The number of benzene rings is 4. The van der Waals surface area contributed by atoms with E-state index in [2.05, 4.69) is 61.1 Å². The minimum absolute atomic E-state index is 0.0158. The first-order valence-corrected chi connectivity index (χ1v) is 42.2. The van der Waals surface area contributed by atoms with Gasteiger partial charge in [-0.05, 0) is 143 Å². The van der Waals surface area contributed by atoms with Gasteiger partial charge in [0.1, 0.15) is 42.8 Å². The van der Waals surface area contributed by atoms with Gasteiger partial charge in [-0.3, -0.25) is 19.2 Å². The van der Waals surface area contributed by atoms with Crippen LogP contribution in [-0.4, -0.2) is 158 Å². The van der Waals surface area contributed by atoms with E-state index in [1.807, 2.05) is 106 Å². The van der Waals surface area contributed by atoms with Crippen molar-refractivity contribution in [3.05, 3.63) is 190 Å². The van der Waals surface area contributed by atoms with E-state index in [-0.39, 0.29) is 44.3 Å². The molecule has 4 amide bonds. The molecule has 4 aromatic carbocycles. The highest BCUT2D eigenvalue weighted by Crippen LogP contribution is 2.46. The Bertz CT molecular complexity index is 5760. The summed E-state index contributed by atoms with van der Waals surface area (Å²) in [6.45, 7) is 0. The van der Waals surface area contributed by atoms with Crippen LogP contribution in [0.3, 0.4) is 0 Å². The lowest BCUT2D eigenvalue weighted by Crippen LogP contribution is -2.25. The molecule has 110 heavy (non-hydrogen) atoms. The van der Waals surface area contributed by atoms with Gasteiger partial charge < -0.3 is 60.5 Å². The van der Waals surface area contributed by atoms with E-state index < -0.39 is 29.9 Å². The van der Waals surface area contributed by atoms with Crippen LogP contribution in [0.5, 0.6) is 0 Å². The fraction of sp³-hybridized carbons (Fsp3) is 0.143. The molecule has 4 aliphatic heterocycles. The van der Waals surface area contributed by atoms with Crippen LogP contribution in [0.4, 0.5) is 113 Å². The zero-order chi connectivity index (χ0) is 78.4. The van der Waals surface area contributed by atoms with Gasteiger partial charge in [0, 0.05) is 90.3 Å². The highest BCUT2D eigenvalue weighted by Gasteiger charge is 2.35. The molecule has 0 spiro atoms. The quantitative estimate of drug-likeness (QED) is 0.0619. The summed E-state index contributed by atoms with van der Waals surface area (Å²) in [5, 5.41) is 33.4. The molecule has 0 bridgehead atoms. The van der Waals surface area contributed by atoms with Crippen LogP contribution < -0.4 is 70.7 Å². The normalized spacial score (nSPS) is 13.6. The molecule has 4 aliphatic rings. The maximum absolute atomic E-state index is 12.7. The molecule has 0 fully saturated rings. The first-order chi connectivity index (χ1) is 52.3. The van der Waals surface area contributed by atoms with Crippen molar-refractivity contribution in [2.24, 2.45) is 10.3 Å². The van der Waals surface area contributed by atoms with Gasteiger partial charge in [0.25, 0.3) is 23.6 Å². The second kappa shape index (κ2) is 30.8. The second-order valence-electron chi connectivity index (χ2n) is 24.5. The number of sulfonamides is 2. The molecule has 12 heterocycles. The number of primary sulfonamides is 2. The topological polar surface area (TPSA) is 400 Å². The van der Waals surface area contributed by atoms with Gasteiger partial charge in [-0.25, -0.2) is 55.5 Å². The molecule has 32 nitrogen and oxygen atoms in total. The number of sulfone groups is 1. The fourth-order valence-corrected chi connectivity index (χ4v) is 17.1. The van der Waals surface area contributed by atoms with Gasteiger partial charge in [-0.2, -0.15) is 19.9 Å². The van der Waals surface area contributed by atoms with Gasteiger partial charge in [-0.15, -0.1) is 57.1 Å². The average molecular weight is 1630 g/mol. The van der Waals surface area contributed by atoms with Crippen molar-refractivity contribution >= 4 is 223 Å². The lowest BCUT2D eigenvalue weighted by atomic mass is 10.3. The van der Waals surface area contributed by atoms with Crippen molar-refractivity contribution in [3.8, 4) is 0 Å². The highest BCUT2D eigenvalue weighted by molar-refractivity contribution is 7.98. The van der Waals surface area contributed by atoms with E-state index in [0.29, 0.717) is 103 Å². The zero-order valence-corrected chi connectivity index (χ0v) is 66.4. The number of nitrogens with one attached hydrogen (secondary N) is 4. The predicted octanol–water partition coefficient (Wildman–Crippen LogP) is 12.0. The standard InChI is InChI=1S/C18H17N5O3S2.C18H17N5OS2.2C17H16N6O3S2/c1-22-14-10-19-18(20-11-4-6-12(7-5-11)28(3,25)26)21-15(14)23(2)17-13(16(22)24)8-9-27-17;1-22-14-10-19-18(20-11-4-6-12(25-3)7-5-11)21-15(14)23(2)17-13(16(22)24)8-9-26-17;1-22-13-9-19-17(20-10-3-5-11(6-4-10)28(18,25)26)21-14(13)23(2)16-12(15(22)24)7-8-27-16;1-22-13-9-19-17(20-10-4-3-5-11(8-10)28(18,25)26)21-14(13)23(2)16-12(15(22)24)6-7-27-16/h4-10H,1-3H3,(H,19,20,21);4-10H,1-3H3,(H,19,20,21);2*3-9H,1-2H3,(H2,18,25,26)(H,19,20,21). The molecule has 0 saturated carbocycles. The van der Waals surface area contributed by atoms with Gasteiger partial charge >= 0.3 is 0 Å².